The van der Waals surface area contributed by atoms with Crippen molar-refractivity contribution >= 4 is 28.9 Å². The van der Waals surface area contributed by atoms with Crippen LogP contribution in [0.5, 0.6) is 0 Å². The van der Waals surface area contributed by atoms with Gasteiger partial charge in [-0.15, -0.1) is 0 Å². The van der Waals surface area contributed by atoms with Crippen LogP contribution in [0.15, 0.2) is 42.5 Å². The number of benzene rings is 2. The van der Waals surface area contributed by atoms with E-state index < -0.39 is 0 Å². The molecule has 3 nitrogen and oxygen atoms in total. The van der Waals surface area contributed by atoms with Gasteiger partial charge in [-0.2, -0.15) is 0 Å². The number of fused-ring (bicyclic) bond motifs is 1. The number of carbonyl (C=O) groups excluding carboxylic acids is 1. The molecule has 1 heterocycles. The molecule has 0 aromatic heterocycles. The second-order valence-electron chi connectivity index (χ2n) is 5.38. The Morgan fingerprint density at radius 3 is 2.95 bits per heavy atom. The first kappa shape index (κ1) is 14.0. The maximum Gasteiger partial charge on any atom is 0.225 e. The van der Waals surface area contributed by atoms with Crippen LogP contribution in [0, 0.1) is 6.92 Å². The lowest BCUT2D eigenvalue weighted by Gasteiger charge is -2.11. The Bertz CT molecular complexity index is 684. The highest BCUT2D eigenvalue weighted by Gasteiger charge is 2.23. The van der Waals surface area contributed by atoms with E-state index in [-0.39, 0.29) is 11.8 Å². The number of aryl methyl sites for hydroxylation is 1. The van der Waals surface area contributed by atoms with E-state index in [4.69, 9.17) is 11.6 Å². The van der Waals surface area contributed by atoms with Gasteiger partial charge in [-0.3, -0.25) is 4.79 Å². The zero-order chi connectivity index (χ0) is 14.8. The number of hydrogen-bond donors (Lipinski definition) is 2. The fourth-order valence-corrected chi connectivity index (χ4v) is 2.83. The summed E-state index contributed by atoms with van der Waals surface area (Å²) in [7, 11) is 0. The third-order valence-electron chi connectivity index (χ3n) is 3.83. The van der Waals surface area contributed by atoms with Gasteiger partial charge in [-0.05, 0) is 36.2 Å². The molecule has 0 radical (unpaired) electrons. The Labute approximate surface area is 129 Å². The third-order valence-corrected chi connectivity index (χ3v) is 4.23. The van der Waals surface area contributed by atoms with Crippen LogP contribution in [0.1, 0.15) is 23.5 Å². The molecule has 2 aromatic carbocycles. The van der Waals surface area contributed by atoms with E-state index in [2.05, 4.69) is 16.7 Å². The molecule has 0 saturated carbocycles. The number of amides is 1. The van der Waals surface area contributed by atoms with Crippen molar-refractivity contribution in [1.29, 1.82) is 0 Å². The van der Waals surface area contributed by atoms with E-state index in [1.807, 2.05) is 37.3 Å². The molecule has 3 rings (SSSR count). The van der Waals surface area contributed by atoms with Crippen molar-refractivity contribution in [1.82, 2.24) is 0 Å². The van der Waals surface area contributed by atoms with E-state index in [1.54, 1.807) is 6.07 Å². The summed E-state index contributed by atoms with van der Waals surface area (Å²) in [4.78, 5) is 12.2. The molecule has 4 heteroatoms. The maximum absolute atomic E-state index is 12.2. The second-order valence-corrected chi connectivity index (χ2v) is 5.79. The van der Waals surface area contributed by atoms with Gasteiger partial charge >= 0.3 is 0 Å². The standard InChI is InChI=1S/C17H17ClN2O/c1-11-6-7-13(9-15(11)18)20-17(21)8-12-10-19-16-5-3-2-4-14(12)16/h2-7,9,12,19H,8,10H2,1H3,(H,20,21). The zero-order valence-electron chi connectivity index (χ0n) is 11.8. The van der Waals surface area contributed by atoms with Crippen molar-refractivity contribution in [2.75, 3.05) is 17.2 Å². The van der Waals surface area contributed by atoms with Crippen molar-refractivity contribution in [2.45, 2.75) is 19.3 Å². The number of para-hydroxylation sites is 1. The number of halogens is 1. The minimum atomic E-state index is 0.0124. The number of anilines is 2. The molecule has 2 N–H and O–H groups in total. The maximum atomic E-state index is 12.2. The van der Waals surface area contributed by atoms with Crippen LogP contribution in [0.25, 0.3) is 0 Å². The Kier molecular flexibility index (Phi) is 3.84. The molecule has 0 fully saturated rings. The summed E-state index contributed by atoms with van der Waals surface area (Å²) in [5, 5.41) is 6.92. The Balaban J connectivity index is 1.66. The van der Waals surface area contributed by atoms with Crippen molar-refractivity contribution in [3.05, 3.63) is 58.6 Å². The summed E-state index contributed by atoms with van der Waals surface area (Å²) >= 11 is 6.07. The minimum Gasteiger partial charge on any atom is -0.384 e. The second kappa shape index (κ2) is 5.78. The number of hydrogen-bond acceptors (Lipinski definition) is 2. The van der Waals surface area contributed by atoms with E-state index in [9.17, 15) is 4.79 Å². The summed E-state index contributed by atoms with van der Waals surface area (Å²) in [6, 6.07) is 13.7. The Morgan fingerprint density at radius 2 is 2.14 bits per heavy atom. The van der Waals surface area contributed by atoms with Gasteiger partial charge in [-0.25, -0.2) is 0 Å². The molecule has 21 heavy (non-hydrogen) atoms. The highest BCUT2D eigenvalue weighted by atomic mass is 35.5. The molecule has 1 aliphatic rings. The monoisotopic (exact) mass is 300 g/mol. The van der Waals surface area contributed by atoms with Crippen LogP contribution >= 0.6 is 11.6 Å². The molecule has 1 aliphatic heterocycles. The van der Waals surface area contributed by atoms with Gasteiger partial charge in [0, 0.05) is 35.3 Å². The van der Waals surface area contributed by atoms with Crippen LogP contribution in [-0.2, 0) is 4.79 Å². The molecule has 0 bridgehead atoms. The number of rotatable bonds is 3. The summed E-state index contributed by atoms with van der Waals surface area (Å²) < 4.78 is 0. The molecule has 1 atom stereocenters. The van der Waals surface area contributed by atoms with Gasteiger partial charge in [0.1, 0.15) is 0 Å². The molecule has 1 unspecified atom stereocenters. The molecule has 0 saturated heterocycles. The van der Waals surface area contributed by atoms with Crippen LogP contribution < -0.4 is 10.6 Å². The van der Waals surface area contributed by atoms with Crippen LogP contribution in [0.2, 0.25) is 5.02 Å². The van der Waals surface area contributed by atoms with Gasteiger partial charge in [0.15, 0.2) is 0 Å². The lowest BCUT2D eigenvalue weighted by molar-refractivity contribution is -0.116. The molecule has 0 aliphatic carbocycles. The Hall–Kier alpha value is -2.00. The largest absolute Gasteiger partial charge is 0.384 e. The van der Waals surface area contributed by atoms with Crippen molar-refractivity contribution in [3.63, 3.8) is 0 Å². The molecule has 2 aromatic rings. The lowest BCUT2D eigenvalue weighted by atomic mass is 9.97. The lowest BCUT2D eigenvalue weighted by Crippen LogP contribution is -2.16. The molecule has 0 spiro atoms. The van der Waals surface area contributed by atoms with Crippen molar-refractivity contribution in [3.8, 4) is 0 Å². The molecule has 1 amide bonds. The van der Waals surface area contributed by atoms with Crippen LogP contribution in [-0.4, -0.2) is 12.5 Å². The smallest absolute Gasteiger partial charge is 0.225 e. The Morgan fingerprint density at radius 1 is 1.33 bits per heavy atom. The van der Waals surface area contributed by atoms with Gasteiger partial charge in [-0.1, -0.05) is 35.9 Å². The zero-order valence-corrected chi connectivity index (χ0v) is 12.6. The normalized spacial score (nSPS) is 16.2. The molecular weight excluding hydrogens is 284 g/mol. The first-order valence-electron chi connectivity index (χ1n) is 7.02. The fourth-order valence-electron chi connectivity index (χ4n) is 2.65. The van der Waals surface area contributed by atoms with E-state index in [1.165, 1.54) is 5.56 Å². The van der Waals surface area contributed by atoms with Gasteiger partial charge in [0.05, 0.1) is 0 Å². The van der Waals surface area contributed by atoms with Gasteiger partial charge < -0.3 is 10.6 Å². The average Bonchev–Trinajstić information content (AvgIpc) is 2.86. The first-order chi connectivity index (χ1) is 10.1. The number of carbonyl (C=O) groups is 1. The summed E-state index contributed by atoms with van der Waals surface area (Å²) in [5.41, 5.74) is 4.10. The van der Waals surface area contributed by atoms with Crippen molar-refractivity contribution in [2.24, 2.45) is 0 Å². The predicted molar refractivity (Wildman–Crippen MR) is 87.1 cm³/mol. The van der Waals surface area contributed by atoms with E-state index in [0.717, 1.165) is 23.5 Å². The SMILES string of the molecule is Cc1ccc(NC(=O)CC2CNc3ccccc32)cc1Cl. The summed E-state index contributed by atoms with van der Waals surface area (Å²) in [6.45, 7) is 2.75. The molecule has 108 valence electrons. The fraction of sp³-hybridized carbons (Fsp3) is 0.235. The third kappa shape index (κ3) is 3.03. The molecular formula is C17H17ClN2O. The first-order valence-corrected chi connectivity index (χ1v) is 7.40. The van der Waals surface area contributed by atoms with E-state index in [0.29, 0.717) is 11.4 Å². The highest BCUT2D eigenvalue weighted by Crippen LogP contribution is 2.33. The van der Waals surface area contributed by atoms with E-state index >= 15 is 0 Å². The number of nitrogens with one attached hydrogen (secondary N) is 2. The summed E-state index contributed by atoms with van der Waals surface area (Å²) in [5.74, 6) is 0.237. The predicted octanol–water partition coefficient (Wildman–Crippen LogP) is 4.19. The van der Waals surface area contributed by atoms with Gasteiger partial charge in [0.25, 0.3) is 0 Å². The average molecular weight is 301 g/mol. The topological polar surface area (TPSA) is 41.1 Å². The summed E-state index contributed by atoms with van der Waals surface area (Å²) in [6.07, 6.45) is 0.468. The highest BCUT2D eigenvalue weighted by molar-refractivity contribution is 6.31. The van der Waals surface area contributed by atoms with Crippen LogP contribution in [0.3, 0.4) is 0 Å². The van der Waals surface area contributed by atoms with Gasteiger partial charge in [0.2, 0.25) is 5.91 Å². The van der Waals surface area contributed by atoms with Crippen molar-refractivity contribution < 1.29 is 4.79 Å². The quantitative estimate of drug-likeness (QED) is 0.892. The minimum absolute atomic E-state index is 0.0124. The van der Waals surface area contributed by atoms with Crippen LogP contribution in [0.4, 0.5) is 11.4 Å².